The quantitative estimate of drug-likeness (QED) is 0.116. The van der Waals surface area contributed by atoms with Crippen LogP contribution >= 0.6 is 23.2 Å². The Balaban J connectivity index is 1.29. The lowest BCUT2D eigenvalue weighted by molar-refractivity contribution is 0.271. The van der Waals surface area contributed by atoms with Gasteiger partial charge in [-0.2, -0.15) is 0 Å². The molecule has 0 atom stereocenters. The lowest BCUT2D eigenvalue weighted by Crippen LogP contribution is -2.14. The van der Waals surface area contributed by atoms with E-state index < -0.39 is 0 Å². The zero-order chi connectivity index (χ0) is 34.3. The van der Waals surface area contributed by atoms with Crippen LogP contribution in [0.15, 0.2) is 72.8 Å². The van der Waals surface area contributed by atoms with Gasteiger partial charge in [0.05, 0.1) is 24.5 Å². The van der Waals surface area contributed by atoms with E-state index in [1.165, 1.54) is 0 Å². The Morgan fingerprint density at radius 1 is 0.694 bits per heavy atom. The Morgan fingerprint density at radius 2 is 1.24 bits per heavy atom. The Hall–Kier alpha value is -4.31. The highest BCUT2D eigenvalue weighted by atomic mass is 35.5. The van der Waals surface area contributed by atoms with Gasteiger partial charge in [0.2, 0.25) is 0 Å². The number of unbranched alkanes of at least 4 members (excludes halogenated alkanes) is 2. The second kappa shape index (κ2) is 15.9. The summed E-state index contributed by atoms with van der Waals surface area (Å²) in [6, 6.07) is 24.8. The van der Waals surface area contributed by atoms with E-state index in [9.17, 15) is 5.11 Å². The number of hydrogen-bond donors (Lipinski definition) is 1. The van der Waals surface area contributed by atoms with Gasteiger partial charge in [0.1, 0.15) is 11.6 Å². The molecule has 253 valence electrons. The van der Waals surface area contributed by atoms with Gasteiger partial charge >= 0.3 is 0 Å². The van der Waals surface area contributed by atoms with Gasteiger partial charge in [-0.15, -0.1) is 5.10 Å². The number of aromatic nitrogens is 8. The summed E-state index contributed by atoms with van der Waals surface area (Å²) in [7, 11) is 0. The van der Waals surface area contributed by atoms with Crippen molar-refractivity contribution in [2.75, 3.05) is 0 Å². The van der Waals surface area contributed by atoms with Crippen molar-refractivity contribution in [2.24, 2.45) is 0 Å². The summed E-state index contributed by atoms with van der Waals surface area (Å²) in [6.07, 6.45) is 5.79. The molecule has 1 N–H and O–H groups in total. The maximum absolute atomic E-state index is 10.0. The topological polar surface area (TPSA) is 99.5 Å². The van der Waals surface area contributed by atoms with Gasteiger partial charge in [-0.25, -0.2) is 14.6 Å². The van der Waals surface area contributed by atoms with Crippen LogP contribution in [0.5, 0.6) is 0 Å². The first-order valence-electron chi connectivity index (χ1n) is 16.8. The van der Waals surface area contributed by atoms with Crippen molar-refractivity contribution in [3.8, 4) is 22.5 Å². The first-order valence-corrected chi connectivity index (χ1v) is 17.6. The summed E-state index contributed by atoms with van der Waals surface area (Å²) in [6.45, 7) is 9.76. The standard InChI is InChI=1S/C38H41Cl2N8O/c1-4-6-12-34-41-36(39)32(46(34)22-27-16-14-26(3)15-17-27)24-48-38(43-44-45-48)31-11-9-8-10-30(31)29-20-18-28(19-21-29)23-47-33(25-49)37(40)42-35(47)13-7-5-2/h8-11,14-21,49H,3-7,12-13,22-25H2,1-2H3. The number of rotatable bonds is 15. The highest BCUT2D eigenvalue weighted by molar-refractivity contribution is 6.30. The third-order valence-corrected chi connectivity index (χ3v) is 9.44. The lowest BCUT2D eigenvalue weighted by atomic mass is 9.98. The van der Waals surface area contributed by atoms with Crippen molar-refractivity contribution in [3.05, 3.63) is 130 Å². The van der Waals surface area contributed by atoms with Crippen LogP contribution in [0.1, 0.15) is 79.3 Å². The maximum atomic E-state index is 10.0. The molecule has 0 unspecified atom stereocenters. The molecule has 11 heteroatoms. The second-order valence-corrected chi connectivity index (χ2v) is 13.0. The first-order chi connectivity index (χ1) is 23.9. The van der Waals surface area contributed by atoms with Gasteiger partial charge in [-0.05, 0) is 58.0 Å². The number of aliphatic hydroxyl groups is 1. The molecule has 0 saturated carbocycles. The average Bonchev–Trinajstić information content (AvgIpc) is 3.79. The molecule has 0 bridgehead atoms. The largest absolute Gasteiger partial charge is 0.390 e. The maximum Gasteiger partial charge on any atom is 0.183 e. The van der Waals surface area contributed by atoms with E-state index >= 15 is 0 Å². The molecule has 3 heterocycles. The van der Waals surface area contributed by atoms with E-state index in [4.69, 9.17) is 28.2 Å². The molecule has 0 fully saturated rings. The molecular formula is C38H41Cl2N8O. The molecule has 0 spiro atoms. The normalized spacial score (nSPS) is 11.5. The van der Waals surface area contributed by atoms with Gasteiger partial charge in [0.15, 0.2) is 16.1 Å². The zero-order valence-electron chi connectivity index (χ0n) is 28.0. The molecule has 9 nitrogen and oxygen atoms in total. The summed E-state index contributed by atoms with van der Waals surface area (Å²) >= 11 is 13.2. The minimum absolute atomic E-state index is 0.159. The predicted octanol–water partition coefficient (Wildman–Crippen LogP) is 8.21. The van der Waals surface area contributed by atoms with Gasteiger partial charge in [0, 0.05) is 31.5 Å². The van der Waals surface area contributed by atoms with Gasteiger partial charge in [-0.1, -0.05) is 123 Å². The molecule has 3 aromatic heterocycles. The Bertz CT molecular complexity index is 1990. The van der Waals surface area contributed by atoms with Gasteiger partial charge < -0.3 is 14.2 Å². The van der Waals surface area contributed by atoms with E-state index in [-0.39, 0.29) is 6.61 Å². The van der Waals surface area contributed by atoms with Gasteiger partial charge in [-0.3, -0.25) is 0 Å². The number of aryl methyl sites for hydroxylation is 2. The van der Waals surface area contributed by atoms with Crippen LogP contribution in [0.3, 0.4) is 0 Å². The third-order valence-electron chi connectivity index (χ3n) is 8.83. The van der Waals surface area contributed by atoms with Crippen molar-refractivity contribution < 1.29 is 5.11 Å². The van der Waals surface area contributed by atoms with Crippen LogP contribution in [0.25, 0.3) is 22.5 Å². The summed E-state index contributed by atoms with van der Waals surface area (Å²) in [4.78, 5) is 9.33. The minimum Gasteiger partial charge on any atom is -0.390 e. The number of imidazole rings is 2. The lowest BCUT2D eigenvalue weighted by Gasteiger charge is -2.15. The highest BCUT2D eigenvalue weighted by Gasteiger charge is 2.21. The van der Waals surface area contributed by atoms with Crippen LogP contribution in [-0.4, -0.2) is 44.4 Å². The SMILES string of the molecule is [CH2]c1ccc(Cn2c(CCCC)nc(Cl)c2Cn2nnnc2-c2ccccc2-c2ccc(Cn3c(CCCC)nc(Cl)c3CO)cc2)cc1. The van der Waals surface area contributed by atoms with Crippen molar-refractivity contribution in [2.45, 2.75) is 78.6 Å². The number of halogens is 2. The number of tetrazole rings is 1. The van der Waals surface area contributed by atoms with E-state index in [1.807, 2.05) is 34.9 Å². The molecule has 0 aliphatic rings. The highest BCUT2D eigenvalue weighted by Crippen LogP contribution is 2.32. The molecule has 0 saturated heterocycles. The van der Waals surface area contributed by atoms with Crippen molar-refractivity contribution in [3.63, 3.8) is 0 Å². The van der Waals surface area contributed by atoms with E-state index in [2.05, 4.69) is 88.3 Å². The van der Waals surface area contributed by atoms with Crippen LogP contribution < -0.4 is 0 Å². The number of nitrogens with zero attached hydrogens (tertiary/aromatic N) is 8. The molecule has 1 radical (unpaired) electrons. The summed E-state index contributed by atoms with van der Waals surface area (Å²) in [5.41, 5.74) is 7.65. The smallest absolute Gasteiger partial charge is 0.183 e. The number of benzene rings is 3. The third kappa shape index (κ3) is 7.80. The van der Waals surface area contributed by atoms with Crippen molar-refractivity contribution in [1.82, 2.24) is 39.3 Å². The van der Waals surface area contributed by atoms with Crippen LogP contribution in [0, 0.1) is 6.92 Å². The van der Waals surface area contributed by atoms with Gasteiger partial charge in [0.25, 0.3) is 0 Å². The second-order valence-electron chi connectivity index (χ2n) is 12.3. The first kappa shape index (κ1) is 34.5. The Labute approximate surface area is 297 Å². The molecule has 0 aliphatic carbocycles. The van der Waals surface area contributed by atoms with E-state index in [1.54, 1.807) is 4.68 Å². The zero-order valence-corrected chi connectivity index (χ0v) is 29.5. The fraction of sp³-hybridized carbons (Fsp3) is 0.316. The molecule has 49 heavy (non-hydrogen) atoms. The number of hydrogen-bond acceptors (Lipinski definition) is 6. The fourth-order valence-corrected chi connectivity index (χ4v) is 6.63. The summed E-state index contributed by atoms with van der Waals surface area (Å²) < 4.78 is 6.04. The van der Waals surface area contributed by atoms with Crippen molar-refractivity contribution >= 4 is 23.2 Å². The molecular weight excluding hydrogens is 655 g/mol. The average molecular weight is 697 g/mol. The molecule has 6 aromatic rings. The summed E-state index contributed by atoms with van der Waals surface area (Å²) in [5.74, 6) is 2.49. The van der Waals surface area contributed by atoms with Crippen molar-refractivity contribution in [1.29, 1.82) is 0 Å². The van der Waals surface area contributed by atoms with Crippen LogP contribution in [0.4, 0.5) is 0 Å². The molecule has 0 amide bonds. The van der Waals surface area contributed by atoms with Crippen LogP contribution in [-0.2, 0) is 39.1 Å². The molecule has 6 rings (SSSR count). The predicted molar refractivity (Wildman–Crippen MR) is 195 cm³/mol. The van der Waals surface area contributed by atoms with E-state index in [0.717, 1.165) is 89.2 Å². The molecule has 0 aliphatic heterocycles. The fourth-order valence-electron chi connectivity index (χ4n) is 6.11. The molecule has 3 aromatic carbocycles. The Morgan fingerprint density at radius 3 is 1.84 bits per heavy atom. The monoisotopic (exact) mass is 695 g/mol. The summed E-state index contributed by atoms with van der Waals surface area (Å²) in [5, 5.41) is 23.8. The Kier molecular flexibility index (Phi) is 11.2. The minimum atomic E-state index is -0.159. The van der Waals surface area contributed by atoms with E-state index in [0.29, 0.717) is 41.5 Å². The van der Waals surface area contributed by atoms with Crippen LogP contribution in [0.2, 0.25) is 10.3 Å². The number of aliphatic hydroxyl groups excluding tert-OH is 1.